The van der Waals surface area contributed by atoms with E-state index in [0.29, 0.717) is 18.6 Å². The van der Waals surface area contributed by atoms with Crippen LogP contribution in [0.25, 0.3) is 0 Å². The fourth-order valence-corrected chi connectivity index (χ4v) is 2.86. The highest BCUT2D eigenvalue weighted by Gasteiger charge is 2.28. The van der Waals surface area contributed by atoms with Gasteiger partial charge < -0.3 is 21.1 Å². The minimum atomic E-state index is 0.316. The van der Waals surface area contributed by atoms with Gasteiger partial charge in [0.05, 0.1) is 0 Å². The summed E-state index contributed by atoms with van der Waals surface area (Å²) < 4.78 is 0. The van der Waals surface area contributed by atoms with Gasteiger partial charge in [0.1, 0.15) is 0 Å². The molecule has 1 aliphatic heterocycles. The fraction of sp³-hybridized carbons (Fsp3) is 1.00. The number of likely N-dealkylation sites (tertiary alicyclic amines) is 1. The van der Waals surface area contributed by atoms with Crippen molar-refractivity contribution in [2.24, 2.45) is 17.6 Å². The Morgan fingerprint density at radius 1 is 1.24 bits per heavy atom. The van der Waals surface area contributed by atoms with E-state index in [1.807, 2.05) is 0 Å². The topological polar surface area (TPSA) is 61.5 Å². The largest absolute Gasteiger partial charge is 0.396 e. The lowest BCUT2D eigenvalue weighted by Crippen LogP contribution is -2.50. The molecule has 0 bridgehead atoms. The average Bonchev–Trinajstić information content (AvgIpc) is 3.11. The zero-order valence-electron chi connectivity index (χ0n) is 10.8. The van der Waals surface area contributed by atoms with Crippen molar-refractivity contribution < 1.29 is 5.11 Å². The summed E-state index contributed by atoms with van der Waals surface area (Å²) >= 11 is 0. The van der Waals surface area contributed by atoms with Crippen LogP contribution >= 0.6 is 0 Å². The molecule has 1 heterocycles. The Hall–Kier alpha value is -0.160. The molecule has 0 aromatic heterocycles. The second kappa shape index (κ2) is 6.69. The summed E-state index contributed by atoms with van der Waals surface area (Å²) in [4.78, 5) is 2.45. The summed E-state index contributed by atoms with van der Waals surface area (Å²) in [5, 5.41) is 12.8. The van der Waals surface area contributed by atoms with E-state index in [2.05, 4.69) is 10.2 Å². The molecule has 17 heavy (non-hydrogen) atoms. The highest BCUT2D eigenvalue weighted by Crippen LogP contribution is 2.28. The van der Waals surface area contributed by atoms with Crippen molar-refractivity contribution >= 4 is 0 Å². The van der Waals surface area contributed by atoms with Crippen molar-refractivity contribution in [1.82, 2.24) is 10.2 Å². The Morgan fingerprint density at radius 2 is 2.06 bits per heavy atom. The van der Waals surface area contributed by atoms with Crippen LogP contribution in [0.3, 0.4) is 0 Å². The van der Waals surface area contributed by atoms with Gasteiger partial charge in [-0.25, -0.2) is 0 Å². The Kier molecular flexibility index (Phi) is 5.22. The van der Waals surface area contributed by atoms with Gasteiger partial charge >= 0.3 is 0 Å². The summed E-state index contributed by atoms with van der Waals surface area (Å²) in [6.45, 7) is 5.47. The molecule has 0 aromatic carbocycles. The Labute approximate surface area is 105 Å². The molecule has 2 rings (SSSR count). The number of rotatable bonds is 7. The molecule has 1 saturated heterocycles. The molecule has 0 amide bonds. The number of aliphatic hydroxyl groups is 1. The first-order valence-corrected chi connectivity index (χ1v) is 7.08. The van der Waals surface area contributed by atoms with E-state index in [4.69, 9.17) is 10.8 Å². The lowest BCUT2D eigenvalue weighted by Gasteiger charge is -2.38. The normalized spacial score (nSPS) is 30.7. The Bertz CT molecular complexity index is 207. The molecule has 4 heteroatoms. The molecule has 2 aliphatic rings. The number of aliphatic hydroxyl groups excluding tert-OH is 1. The van der Waals surface area contributed by atoms with Gasteiger partial charge in [-0.1, -0.05) is 0 Å². The van der Waals surface area contributed by atoms with Gasteiger partial charge in [-0.3, -0.25) is 0 Å². The van der Waals surface area contributed by atoms with Crippen molar-refractivity contribution in [2.75, 3.05) is 39.3 Å². The predicted octanol–water partition coefficient (Wildman–Crippen LogP) is 0.0176. The number of nitrogens with zero attached hydrogens (tertiary/aromatic N) is 1. The van der Waals surface area contributed by atoms with Gasteiger partial charge in [0, 0.05) is 38.8 Å². The van der Waals surface area contributed by atoms with Crippen LogP contribution in [0.1, 0.15) is 25.7 Å². The fourth-order valence-electron chi connectivity index (χ4n) is 2.86. The number of hydrogen-bond donors (Lipinski definition) is 3. The van der Waals surface area contributed by atoms with Gasteiger partial charge in [-0.15, -0.1) is 0 Å². The van der Waals surface area contributed by atoms with Crippen molar-refractivity contribution in [3.05, 3.63) is 0 Å². The molecule has 2 unspecified atom stereocenters. The molecule has 100 valence electrons. The van der Waals surface area contributed by atoms with E-state index < -0.39 is 0 Å². The van der Waals surface area contributed by atoms with E-state index in [1.54, 1.807) is 0 Å². The van der Waals surface area contributed by atoms with Crippen LogP contribution in [-0.2, 0) is 0 Å². The molecule has 4 nitrogen and oxygen atoms in total. The van der Waals surface area contributed by atoms with E-state index in [9.17, 15) is 0 Å². The standard InChI is InChI=1S/C13H27N3O/c14-4-5-16-9-12(3-6-17)7-13(10-16)15-8-11-1-2-11/h11-13,15,17H,1-10,14H2. The van der Waals surface area contributed by atoms with Crippen LogP contribution in [0, 0.1) is 11.8 Å². The maximum Gasteiger partial charge on any atom is 0.0434 e. The quantitative estimate of drug-likeness (QED) is 0.588. The third-order valence-electron chi connectivity index (χ3n) is 3.99. The Morgan fingerprint density at radius 3 is 2.71 bits per heavy atom. The van der Waals surface area contributed by atoms with Gasteiger partial charge in [-0.2, -0.15) is 0 Å². The molecule has 0 aromatic rings. The van der Waals surface area contributed by atoms with E-state index >= 15 is 0 Å². The number of nitrogens with two attached hydrogens (primary N) is 1. The summed E-state index contributed by atoms with van der Waals surface area (Å²) in [5.41, 5.74) is 5.64. The van der Waals surface area contributed by atoms with Crippen LogP contribution in [0.4, 0.5) is 0 Å². The molecule has 2 atom stereocenters. The van der Waals surface area contributed by atoms with Crippen LogP contribution < -0.4 is 11.1 Å². The first-order chi connectivity index (χ1) is 8.31. The first kappa shape index (κ1) is 13.3. The minimum Gasteiger partial charge on any atom is -0.396 e. The monoisotopic (exact) mass is 241 g/mol. The highest BCUT2D eigenvalue weighted by molar-refractivity contribution is 4.86. The van der Waals surface area contributed by atoms with Gasteiger partial charge in [-0.05, 0) is 44.1 Å². The lowest BCUT2D eigenvalue weighted by molar-refractivity contribution is 0.123. The summed E-state index contributed by atoms with van der Waals surface area (Å²) in [7, 11) is 0. The molecular weight excluding hydrogens is 214 g/mol. The third kappa shape index (κ3) is 4.54. The third-order valence-corrected chi connectivity index (χ3v) is 3.99. The maximum absolute atomic E-state index is 9.09. The van der Waals surface area contributed by atoms with Crippen LogP contribution in [-0.4, -0.2) is 55.4 Å². The number of hydrogen-bond acceptors (Lipinski definition) is 4. The zero-order valence-corrected chi connectivity index (χ0v) is 10.8. The van der Waals surface area contributed by atoms with E-state index in [-0.39, 0.29) is 0 Å². The smallest absolute Gasteiger partial charge is 0.0434 e. The molecule has 0 radical (unpaired) electrons. The molecule has 1 saturated carbocycles. The molecule has 1 aliphatic carbocycles. The summed E-state index contributed by atoms with van der Waals surface area (Å²) in [6, 6.07) is 0.604. The molecular formula is C13H27N3O. The predicted molar refractivity (Wildman–Crippen MR) is 69.8 cm³/mol. The maximum atomic E-state index is 9.09. The molecule has 2 fully saturated rings. The Balaban J connectivity index is 1.76. The molecule has 0 spiro atoms. The van der Waals surface area contributed by atoms with Crippen molar-refractivity contribution in [1.29, 1.82) is 0 Å². The van der Waals surface area contributed by atoms with Crippen LogP contribution in [0.15, 0.2) is 0 Å². The van der Waals surface area contributed by atoms with Crippen molar-refractivity contribution in [3.8, 4) is 0 Å². The second-order valence-electron chi connectivity index (χ2n) is 5.71. The number of piperidine rings is 1. The average molecular weight is 241 g/mol. The highest BCUT2D eigenvalue weighted by atomic mass is 16.3. The number of nitrogens with one attached hydrogen (secondary N) is 1. The lowest BCUT2D eigenvalue weighted by atomic mass is 9.91. The van der Waals surface area contributed by atoms with Crippen LogP contribution in [0.5, 0.6) is 0 Å². The summed E-state index contributed by atoms with van der Waals surface area (Å²) in [6.07, 6.45) is 4.97. The SMILES string of the molecule is NCCN1CC(CCO)CC(NCC2CC2)C1. The van der Waals surface area contributed by atoms with Gasteiger partial charge in [0.2, 0.25) is 0 Å². The summed E-state index contributed by atoms with van der Waals surface area (Å²) in [5.74, 6) is 1.58. The van der Waals surface area contributed by atoms with Gasteiger partial charge in [0.15, 0.2) is 0 Å². The van der Waals surface area contributed by atoms with Crippen LogP contribution in [0.2, 0.25) is 0 Å². The second-order valence-corrected chi connectivity index (χ2v) is 5.71. The molecule has 4 N–H and O–H groups in total. The van der Waals surface area contributed by atoms with E-state index in [0.717, 1.165) is 38.5 Å². The first-order valence-electron chi connectivity index (χ1n) is 7.08. The van der Waals surface area contributed by atoms with Crippen molar-refractivity contribution in [2.45, 2.75) is 31.7 Å². The minimum absolute atomic E-state index is 0.316. The van der Waals surface area contributed by atoms with Gasteiger partial charge in [0.25, 0.3) is 0 Å². The zero-order chi connectivity index (χ0) is 12.1. The van der Waals surface area contributed by atoms with E-state index in [1.165, 1.54) is 25.8 Å². The van der Waals surface area contributed by atoms with Crippen molar-refractivity contribution in [3.63, 3.8) is 0 Å².